The van der Waals surface area contributed by atoms with E-state index < -0.39 is 0 Å². The normalized spacial score (nSPS) is 13.2. The number of hydrogen-bond donors (Lipinski definition) is 4. The van der Waals surface area contributed by atoms with Crippen LogP contribution in [0, 0.1) is 0 Å². The highest BCUT2D eigenvalue weighted by Gasteiger charge is 2.27. The third kappa shape index (κ3) is 4.08. The Morgan fingerprint density at radius 2 is 2.00 bits per heavy atom. The summed E-state index contributed by atoms with van der Waals surface area (Å²) in [7, 11) is 0. The van der Waals surface area contributed by atoms with Gasteiger partial charge < -0.3 is 25.4 Å². The van der Waals surface area contributed by atoms with E-state index in [-0.39, 0.29) is 29.0 Å². The first-order chi connectivity index (χ1) is 15.4. The van der Waals surface area contributed by atoms with Gasteiger partial charge in [-0.3, -0.25) is 4.79 Å². The van der Waals surface area contributed by atoms with Crippen molar-refractivity contribution in [2.45, 2.75) is 46.1 Å². The molecule has 3 aromatic rings. The van der Waals surface area contributed by atoms with Gasteiger partial charge in [0.15, 0.2) is 11.5 Å². The van der Waals surface area contributed by atoms with Crippen molar-refractivity contribution in [3.8, 4) is 33.9 Å². The van der Waals surface area contributed by atoms with Crippen LogP contribution in [0.2, 0.25) is 0 Å². The highest BCUT2D eigenvalue weighted by Crippen LogP contribution is 2.43. The molecule has 0 atom stereocenters. The number of phenolic OH excluding ortho intramolecular Hbond substituents is 2. The quantitative estimate of drug-likeness (QED) is 0.459. The van der Waals surface area contributed by atoms with Crippen LogP contribution in [0.5, 0.6) is 11.5 Å². The fourth-order valence-electron chi connectivity index (χ4n) is 4.09. The molecule has 1 aliphatic heterocycles. The van der Waals surface area contributed by atoms with Crippen molar-refractivity contribution in [3.05, 3.63) is 52.7 Å². The lowest BCUT2D eigenvalue weighted by Crippen LogP contribution is -2.25. The molecule has 4 N–H and O–H groups in total. The average Bonchev–Trinajstić information content (AvgIpc) is 3.22. The second-order valence-corrected chi connectivity index (χ2v) is 8.48. The number of phenols is 2. The lowest BCUT2D eigenvalue weighted by atomic mass is 9.91. The zero-order chi connectivity index (χ0) is 22.8. The summed E-state index contributed by atoms with van der Waals surface area (Å²) in [6.45, 7) is 8.13. The van der Waals surface area contributed by atoms with Gasteiger partial charge in [0.1, 0.15) is 11.5 Å². The van der Waals surface area contributed by atoms with Crippen LogP contribution >= 0.6 is 0 Å². The number of carbonyl (C=O) groups is 1. The van der Waals surface area contributed by atoms with Gasteiger partial charge in [0, 0.05) is 19.2 Å². The molecule has 7 heteroatoms. The molecular weight excluding hydrogens is 406 g/mol. The number of carbonyl (C=O) groups excluding carboxylic acids is 1. The maximum atomic E-state index is 12.9. The maximum Gasteiger partial charge on any atom is 0.274 e. The highest BCUT2D eigenvalue weighted by molar-refractivity contribution is 6.02. The van der Waals surface area contributed by atoms with Crippen LogP contribution in [-0.4, -0.2) is 34.4 Å². The largest absolute Gasteiger partial charge is 0.508 e. The predicted molar refractivity (Wildman–Crippen MR) is 123 cm³/mol. The van der Waals surface area contributed by atoms with E-state index in [1.54, 1.807) is 6.07 Å². The van der Waals surface area contributed by atoms with E-state index in [9.17, 15) is 15.0 Å². The second-order valence-electron chi connectivity index (χ2n) is 8.48. The Balaban J connectivity index is 1.91. The molecule has 2 heterocycles. The fraction of sp³-hybridized carbons (Fsp3) is 0.360. The number of benzene rings is 2. The summed E-state index contributed by atoms with van der Waals surface area (Å²) in [6, 6.07) is 9.10. The molecule has 0 aliphatic carbocycles. The molecule has 0 saturated carbocycles. The van der Waals surface area contributed by atoms with Crippen molar-refractivity contribution in [2.75, 3.05) is 13.1 Å². The molecule has 1 amide bonds. The molecule has 0 fully saturated rings. The summed E-state index contributed by atoms with van der Waals surface area (Å²) in [5.41, 5.74) is 5.03. The molecule has 2 aromatic carbocycles. The highest BCUT2D eigenvalue weighted by atomic mass is 16.5. The maximum absolute atomic E-state index is 12.9. The molecule has 0 bridgehead atoms. The molecular formula is C25H29N3O4. The van der Waals surface area contributed by atoms with Crippen molar-refractivity contribution in [1.82, 2.24) is 15.8 Å². The van der Waals surface area contributed by atoms with Crippen molar-refractivity contribution >= 4 is 5.91 Å². The van der Waals surface area contributed by atoms with Crippen LogP contribution in [0.15, 0.2) is 34.9 Å². The Hall–Kier alpha value is -3.32. The minimum Gasteiger partial charge on any atom is -0.508 e. The molecule has 1 aliphatic rings. The standard InChI is InChI=1S/C25H29N3O4/c1-4-8-27-25(31)23-22(16-5-6-17-13-26-9-7-15(17)10-16)24(32-28-23)19-11-18(14(2)3)20(29)12-21(19)30/h5-6,10-12,14,26,29-30H,4,7-9,13H2,1-3H3,(H,27,31). The average molecular weight is 436 g/mol. The third-order valence-corrected chi connectivity index (χ3v) is 5.84. The van der Waals surface area contributed by atoms with Crippen LogP contribution in [-0.2, 0) is 13.0 Å². The van der Waals surface area contributed by atoms with Crippen LogP contribution in [0.25, 0.3) is 22.5 Å². The van der Waals surface area contributed by atoms with E-state index in [0.717, 1.165) is 31.5 Å². The number of nitrogens with zero attached hydrogens (tertiary/aromatic N) is 1. The van der Waals surface area contributed by atoms with E-state index in [2.05, 4.69) is 27.9 Å². The van der Waals surface area contributed by atoms with Gasteiger partial charge in [0.2, 0.25) is 0 Å². The Bertz CT molecular complexity index is 1150. The van der Waals surface area contributed by atoms with E-state index >= 15 is 0 Å². The molecule has 0 spiro atoms. The molecule has 32 heavy (non-hydrogen) atoms. The minimum absolute atomic E-state index is 0.0181. The van der Waals surface area contributed by atoms with Crippen molar-refractivity contribution in [3.63, 3.8) is 0 Å². The van der Waals surface area contributed by atoms with Crippen molar-refractivity contribution < 1.29 is 19.5 Å². The van der Waals surface area contributed by atoms with Gasteiger partial charge in [-0.2, -0.15) is 0 Å². The number of amides is 1. The van der Waals surface area contributed by atoms with Crippen LogP contribution in [0.1, 0.15) is 60.3 Å². The summed E-state index contributed by atoms with van der Waals surface area (Å²) in [4.78, 5) is 12.9. The van der Waals surface area contributed by atoms with Crippen LogP contribution in [0.3, 0.4) is 0 Å². The Morgan fingerprint density at radius 1 is 1.19 bits per heavy atom. The summed E-state index contributed by atoms with van der Waals surface area (Å²) in [5.74, 6) is -0.0979. The summed E-state index contributed by atoms with van der Waals surface area (Å²) >= 11 is 0. The monoisotopic (exact) mass is 435 g/mol. The first-order valence-electron chi connectivity index (χ1n) is 11.1. The third-order valence-electron chi connectivity index (χ3n) is 5.84. The zero-order valence-corrected chi connectivity index (χ0v) is 18.7. The number of fused-ring (bicyclic) bond motifs is 1. The van der Waals surface area contributed by atoms with Crippen LogP contribution in [0.4, 0.5) is 0 Å². The first kappa shape index (κ1) is 21.9. The predicted octanol–water partition coefficient (Wildman–Crippen LogP) is 4.33. The number of aromatic nitrogens is 1. The molecule has 0 unspecified atom stereocenters. The molecule has 4 rings (SSSR count). The van der Waals surface area contributed by atoms with Gasteiger partial charge in [0.05, 0.1) is 11.1 Å². The van der Waals surface area contributed by atoms with E-state index in [1.165, 1.54) is 17.2 Å². The Kier molecular flexibility index (Phi) is 6.19. The lowest BCUT2D eigenvalue weighted by molar-refractivity contribution is 0.0945. The van der Waals surface area contributed by atoms with Gasteiger partial charge >= 0.3 is 0 Å². The number of rotatable bonds is 6. The first-order valence-corrected chi connectivity index (χ1v) is 11.1. The second kappa shape index (κ2) is 9.04. The summed E-state index contributed by atoms with van der Waals surface area (Å²) in [5, 5.41) is 31.2. The number of hydrogen-bond acceptors (Lipinski definition) is 6. The van der Waals surface area contributed by atoms with Gasteiger partial charge in [-0.25, -0.2) is 0 Å². The summed E-state index contributed by atoms with van der Waals surface area (Å²) in [6.07, 6.45) is 1.69. The smallest absolute Gasteiger partial charge is 0.274 e. The van der Waals surface area contributed by atoms with Crippen molar-refractivity contribution in [1.29, 1.82) is 0 Å². The van der Waals surface area contributed by atoms with E-state index in [1.807, 2.05) is 26.8 Å². The van der Waals surface area contributed by atoms with Gasteiger partial charge in [-0.1, -0.05) is 44.1 Å². The van der Waals surface area contributed by atoms with Crippen molar-refractivity contribution in [2.24, 2.45) is 0 Å². The number of aromatic hydroxyl groups is 2. The minimum atomic E-state index is -0.321. The molecule has 168 valence electrons. The van der Waals surface area contributed by atoms with Crippen LogP contribution < -0.4 is 10.6 Å². The Labute approximate surface area is 187 Å². The molecule has 1 aromatic heterocycles. The Morgan fingerprint density at radius 3 is 2.75 bits per heavy atom. The summed E-state index contributed by atoms with van der Waals surface area (Å²) < 4.78 is 5.67. The SMILES string of the molecule is CCCNC(=O)c1noc(-c2cc(C(C)C)c(O)cc2O)c1-c1ccc2c(c1)CCNC2. The zero-order valence-electron chi connectivity index (χ0n) is 18.7. The van der Waals surface area contributed by atoms with E-state index in [4.69, 9.17) is 4.52 Å². The topological polar surface area (TPSA) is 108 Å². The van der Waals surface area contributed by atoms with Gasteiger partial charge in [0.25, 0.3) is 5.91 Å². The lowest BCUT2D eigenvalue weighted by Gasteiger charge is -2.18. The molecule has 7 nitrogen and oxygen atoms in total. The fourth-order valence-corrected chi connectivity index (χ4v) is 4.09. The van der Waals surface area contributed by atoms with Gasteiger partial charge in [-0.15, -0.1) is 0 Å². The van der Waals surface area contributed by atoms with E-state index in [0.29, 0.717) is 29.0 Å². The van der Waals surface area contributed by atoms with Gasteiger partial charge in [-0.05, 0) is 53.6 Å². The molecule has 0 radical (unpaired) electrons. The number of nitrogens with one attached hydrogen (secondary N) is 2. The molecule has 0 saturated heterocycles.